The molecule has 116 valence electrons. The number of hydrogen-bond donors (Lipinski definition) is 1. The van der Waals surface area contributed by atoms with Crippen molar-refractivity contribution in [1.29, 1.82) is 0 Å². The van der Waals surface area contributed by atoms with E-state index in [1.54, 1.807) is 48.5 Å². The Balaban J connectivity index is 2.21. The first-order valence-electron chi connectivity index (χ1n) is 7.27. The van der Waals surface area contributed by atoms with E-state index in [-0.39, 0.29) is 0 Å². The van der Waals surface area contributed by atoms with Crippen molar-refractivity contribution in [1.82, 2.24) is 0 Å². The molecule has 0 saturated carbocycles. The van der Waals surface area contributed by atoms with Gasteiger partial charge < -0.3 is 9.67 Å². The molecule has 0 spiro atoms. The zero-order valence-electron chi connectivity index (χ0n) is 12.3. The van der Waals surface area contributed by atoms with Crippen LogP contribution in [0.1, 0.15) is 11.4 Å². The minimum atomic E-state index is -3.29. The van der Waals surface area contributed by atoms with E-state index in [1.807, 2.05) is 36.4 Å². The fraction of sp³-hybridized carbons (Fsp3) is 0.0526. The summed E-state index contributed by atoms with van der Waals surface area (Å²) >= 11 is 6.22. The lowest BCUT2D eigenvalue weighted by molar-refractivity contribution is 0.257. The van der Waals surface area contributed by atoms with Gasteiger partial charge in [0.2, 0.25) is 0 Å². The maximum atomic E-state index is 14.0. The zero-order chi connectivity index (χ0) is 16.3. The van der Waals surface area contributed by atoms with Gasteiger partial charge in [0.25, 0.3) is 0 Å². The molecule has 0 fully saturated rings. The van der Waals surface area contributed by atoms with Crippen molar-refractivity contribution in [2.24, 2.45) is 0 Å². The Labute approximate surface area is 140 Å². The van der Waals surface area contributed by atoms with Crippen LogP contribution in [-0.2, 0) is 4.57 Å². The van der Waals surface area contributed by atoms with E-state index in [9.17, 15) is 9.67 Å². The largest absolute Gasteiger partial charge is 0.380 e. The van der Waals surface area contributed by atoms with Crippen LogP contribution in [0.25, 0.3) is 0 Å². The fourth-order valence-electron chi connectivity index (χ4n) is 2.61. The normalized spacial score (nSPS) is 12.8. The van der Waals surface area contributed by atoms with Gasteiger partial charge in [0, 0.05) is 21.2 Å². The Morgan fingerprint density at radius 1 is 0.739 bits per heavy atom. The summed E-state index contributed by atoms with van der Waals surface area (Å²) in [6.07, 6.45) is 0. The second kappa shape index (κ2) is 6.72. The SMILES string of the molecule is O=P(c1ccccc1)(c1ccccc1)[C@@H](O)c1ccccc1Cl. The highest BCUT2D eigenvalue weighted by Crippen LogP contribution is 2.56. The zero-order valence-corrected chi connectivity index (χ0v) is 14.0. The molecular weight excluding hydrogens is 327 g/mol. The van der Waals surface area contributed by atoms with E-state index in [2.05, 4.69) is 0 Å². The minimum absolute atomic E-state index is 0.409. The molecular formula is C19H16ClO2P. The van der Waals surface area contributed by atoms with Gasteiger partial charge in [0.15, 0.2) is 7.14 Å². The molecule has 0 aliphatic rings. The monoisotopic (exact) mass is 342 g/mol. The van der Waals surface area contributed by atoms with E-state index in [1.165, 1.54) is 0 Å². The Morgan fingerprint density at radius 2 is 1.17 bits per heavy atom. The van der Waals surface area contributed by atoms with Crippen LogP contribution in [0.3, 0.4) is 0 Å². The molecule has 3 rings (SSSR count). The quantitative estimate of drug-likeness (QED) is 0.716. The minimum Gasteiger partial charge on any atom is -0.380 e. The first kappa shape index (κ1) is 16.0. The molecule has 0 heterocycles. The topological polar surface area (TPSA) is 37.3 Å². The fourth-order valence-corrected chi connectivity index (χ4v) is 5.64. The maximum absolute atomic E-state index is 14.0. The van der Waals surface area contributed by atoms with Crippen molar-refractivity contribution in [3.63, 3.8) is 0 Å². The lowest BCUT2D eigenvalue weighted by atomic mass is 10.2. The average Bonchev–Trinajstić information content (AvgIpc) is 2.62. The van der Waals surface area contributed by atoms with Crippen molar-refractivity contribution in [2.45, 2.75) is 5.85 Å². The molecule has 0 bridgehead atoms. The lowest BCUT2D eigenvalue weighted by Gasteiger charge is -2.25. The van der Waals surface area contributed by atoms with Crippen LogP contribution in [0.15, 0.2) is 84.9 Å². The smallest absolute Gasteiger partial charge is 0.174 e. The van der Waals surface area contributed by atoms with Gasteiger partial charge >= 0.3 is 0 Å². The highest BCUT2D eigenvalue weighted by Gasteiger charge is 2.37. The summed E-state index contributed by atoms with van der Waals surface area (Å²) in [4.78, 5) is 0. The predicted molar refractivity (Wildman–Crippen MR) is 96.2 cm³/mol. The first-order chi connectivity index (χ1) is 11.1. The number of hydrogen-bond acceptors (Lipinski definition) is 2. The van der Waals surface area contributed by atoms with E-state index in [0.29, 0.717) is 21.2 Å². The summed E-state index contributed by atoms with van der Waals surface area (Å²) in [5, 5.41) is 12.6. The van der Waals surface area contributed by atoms with E-state index in [4.69, 9.17) is 11.6 Å². The molecule has 1 N–H and O–H groups in total. The predicted octanol–water partition coefficient (Wildman–Crippen LogP) is 4.35. The first-order valence-corrected chi connectivity index (χ1v) is 9.43. The second-order valence-corrected chi connectivity index (χ2v) is 8.47. The number of rotatable bonds is 4. The van der Waals surface area contributed by atoms with Gasteiger partial charge in [-0.2, -0.15) is 0 Å². The average molecular weight is 343 g/mol. The van der Waals surface area contributed by atoms with Gasteiger partial charge in [-0.3, -0.25) is 0 Å². The van der Waals surface area contributed by atoms with Gasteiger partial charge in [0.05, 0.1) is 0 Å². The number of aliphatic hydroxyl groups excluding tert-OH is 1. The Bertz CT molecular complexity index is 791. The van der Waals surface area contributed by atoms with Gasteiger partial charge in [-0.15, -0.1) is 0 Å². The molecule has 3 aromatic rings. The van der Waals surface area contributed by atoms with Gasteiger partial charge in [-0.1, -0.05) is 90.5 Å². The van der Waals surface area contributed by atoms with Crippen LogP contribution in [0.4, 0.5) is 0 Å². The molecule has 0 saturated heterocycles. The van der Waals surface area contributed by atoms with Crippen LogP contribution in [0.5, 0.6) is 0 Å². The van der Waals surface area contributed by atoms with Crippen LogP contribution in [-0.4, -0.2) is 5.11 Å². The van der Waals surface area contributed by atoms with Gasteiger partial charge in [0.1, 0.15) is 5.85 Å². The molecule has 4 heteroatoms. The molecule has 0 radical (unpaired) electrons. The van der Waals surface area contributed by atoms with Crippen LogP contribution in [0, 0.1) is 0 Å². The highest BCUT2D eigenvalue weighted by atomic mass is 35.5. The molecule has 0 aliphatic carbocycles. The summed E-state index contributed by atoms with van der Waals surface area (Å²) in [6, 6.07) is 25.1. The molecule has 0 aliphatic heterocycles. The molecule has 0 unspecified atom stereocenters. The third-order valence-corrected chi connectivity index (χ3v) is 7.25. The second-order valence-electron chi connectivity index (χ2n) is 5.22. The highest BCUT2D eigenvalue weighted by molar-refractivity contribution is 7.78. The van der Waals surface area contributed by atoms with Crippen molar-refractivity contribution in [3.05, 3.63) is 95.5 Å². The number of benzene rings is 3. The van der Waals surface area contributed by atoms with Crippen molar-refractivity contribution in [2.75, 3.05) is 0 Å². The Hall–Kier alpha value is -1.86. The van der Waals surface area contributed by atoms with E-state index in [0.717, 1.165) is 0 Å². The molecule has 1 atom stereocenters. The van der Waals surface area contributed by atoms with Crippen LogP contribution < -0.4 is 10.6 Å². The number of halogens is 1. The van der Waals surface area contributed by atoms with Crippen molar-refractivity contribution >= 4 is 29.4 Å². The maximum Gasteiger partial charge on any atom is 0.174 e. The summed E-state index contributed by atoms with van der Waals surface area (Å²) in [5.74, 6) is -1.19. The molecule has 2 nitrogen and oxygen atoms in total. The lowest BCUT2D eigenvalue weighted by Crippen LogP contribution is -2.21. The Morgan fingerprint density at radius 3 is 1.65 bits per heavy atom. The standard InChI is InChI=1S/C19H16ClO2P/c20-18-14-8-7-13-17(18)19(21)23(22,15-9-3-1-4-10-15)16-11-5-2-6-12-16/h1-14,19,21H/t19-/m1/s1. The molecule has 3 aromatic carbocycles. The third-order valence-electron chi connectivity index (χ3n) is 3.81. The molecule has 0 amide bonds. The van der Waals surface area contributed by atoms with Crippen LogP contribution in [0.2, 0.25) is 5.02 Å². The summed E-state index contributed by atoms with van der Waals surface area (Å²) in [5.41, 5.74) is 0.477. The molecule has 23 heavy (non-hydrogen) atoms. The Kier molecular flexibility index (Phi) is 4.68. The molecule has 0 aromatic heterocycles. The van der Waals surface area contributed by atoms with Crippen molar-refractivity contribution in [3.8, 4) is 0 Å². The van der Waals surface area contributed by atoms with Crippen molar-refractivity contribution < 1.29 is 9.67 Å². The number of aliphatic hydroxyl groups is 1. The van der Waals surface area contributed by atoms with E-state index >= 15 is 0 Å². The van der Waals surface area contributed by atoms with Gasteiger partial charge in [-0.25, -0.2) is 0 Å². The summed E-state index contributed by atoms with van der Waals surface area (Å²) in [6.45, 7) is 0. The third kappa shape index (κ3) is 2.98. The van der Waals surface area contributed by atoms with E-state index < -0.39 is 13.0 Å². The summed E-state index contributed by atoms with van der Waals surface area (Å²) < 4.78 is 14.0. The van der Waals surface area contributed by atoms with Crippen LogP contribution >= 0.6 is 18.7 Å². The van der Waals surface area contributed by atoms with Gasteiger partial charge in [-0.05, 0) is 6.07 Å². The summed E-state index contributed by atoms with van der Waals surface area (Å²) in [7, 11) is -3.29.